The molecule has 1 aromatic carbocycles. The predicted molar refractivity (Wildman–Crippen MR) is 65.5 cm³/mol. The highest BCUT2D eigenvalue weighted by Gasteiger charge is 2.15. The fourth-order valence-corrected chi connectivity index (χ4v) is 2.94. The largest absolute Gasteiger partial charge is 0.380 e. The third kappa shape index (κ3) is 2.37. The Labute approximate surface area is 94.2 Å². The highest BCUT2D eigenvalue weighted by Crippen LogP contribution is 2.27. The Balaban J connectivity index is 2.10. The molecule has 1 N–H and O–H groups in total. The zero-order chi connectivity index (χ0) is 9.97. The molecule has 1 fully saturated rings. The molecule has 0 radical (unpaired) electrons. The molecular formula is C11H14ClNS. The molecule has 1 heterocycles. The van der Waals surface area contributed by atoms with Crippen molar-refractivity contribution in [1.82, 2.24) is 0 Å². The highest BCUT2D eigenvalue weighted by atomic mass is 35.5. The summed E-state index contributed by atoms with van der Waals surface area (Å²) >= 11 is 8.11. The SMILES string of the molecule is Cc1ccc(Cl)c(NC2CCSC2)c1. The van der Waals surface area contributed by atoms with Crippen molar-refractivity contribution in [3.63, 3.8) is 0 Å². The topological polar surface area (TPSA) is 12.0 Å². The molecule has 0 amide bonds. The Hall–Kier alpha value is -0.340. The Morgan fingerprint density at radius 3 is 3.07 bits per heavy atom. The number of nitrogens with one attached hydrogen (secondary N) is 1. The lowest BCUT2D eigenvalue weighted by molar-refractivity contribution is 0.813. The molecule has 76 valence electrons. The first-order chi connectivity index (χ1) is 6.75. The first-order valence-electron chi connectivity index (χ1n) is 4.86. The van der Waals surface area contributed by atoms with E-state index in [1.807, 2.05) is 23.9 Å². The number of benzene rings is 1. The van der Waals surface area contributed by atoms with Crippen LogP contribution >= 0.6 is 23.4 Å². The third-order valence-corrected chi connectivity index (χ3v) is 3.90. The van der Waals surface area contributed by atoms with Crippen LogP contribution in [-0.4, -0.2) is 17.5 Å². The summed E-state index contributed by atoms with van der Waals surface area (Å²) in [5.74, 6) is 2.46. The summed E-state index contributed by atoms with van der Waals surface area (Å²) in [5.41, 5.74) is 2.33. The van der Waals surface area contributed by atoms with Crippen LogP contribution in [0.5, 0.6) is 0 Å². The maximum Gasteiger partial charge on any atom is 0.0637 e. The fraction of sp³-hybridized carbons (Fsp3) is 0.455. The fourth-order valence-electron chi connectivity index (χ4n) is 1.62. The molecule has 3 heteroatoms. The van der Waals surface area contributed by atoms with Crippen LogP contribution in [0.4, 0.5) is 5.69 Å². The highest BCUT2D eigenvalue weighted by molar-refractivity contribution is 7.99. The van der Waals surface area contributed by atoms with E-state index in [4.69, 9.17) is 11.6 Å². The lowest BCUT2D eigenvalue weighted by atomic mass is 10.2. The number of thioether (sulfide) groups is 1. The monoisotopic (exact) mass is 227 g/mol. The minimum absolute atomic E-state index is 0.597. The molecular weight excluding hydrogens is 214 g/mol. The van der Waals surface area contributed by atoms with Crippen LogP contribution in [0.3, 0.4) is 0 Å². The van der Waals surface area contributed by atoms with E-state index >= 15 is 0 Å². The molecule has 1 nitrogen and oxygen atoms in total. The first-order valence-corrected chi connectivity index (χ1v) is 6.39. The zero-order valence-electron chi connectivity index (χ0n) is 8.22. The average molecular weight is 228 g/mol. The molecule has 0 bridgehead atoms. The Bertz CT molecular complexity index is 321. The van der Waals surface area contributed by atoms with Gasteiger partial charge < -0.3 is 5.32 Å². The summed E-state index contributed by atoms with van der Waals surface area (Å²) in [6.45, 7) is 2.09. The molecule has 0 aliphatic carbocycles. The first kappa shape index (κ1) is 10.2. The third-order valence-electron chi connectivity index (χ3n) is 2.41. The molecule has 0 saturated carbocycles. The van der Waals surface area contributed by atoms with Gasteiger partial charge in [-0.15, -0.1) is 0 Å². The van der Waals surface area contributed by atoms with Crippen molar-refractivity contribution in [3.05, 3.63) is 28.8 Å². The molecule has 0 aromatic heterocycles. The Kier molecular flexibility index (Phi) is 3.24. The summed E-state index contributed by atoms with van der Waals surface area (Å²) in [6.07, 6.45) is 1.24. The smallest absolute Gasteiger partial charge is 0.0637 e. The number of hydrogen-bond acceptors (Lipinski definition) is 2. The van der Waals surface area contributed by atoms with E-state index < -0.39 is 0 Å². The second kappa shape index (κ2) is 4.45. The summed E-state index contributed by atoms with van der Waals surface area (Å²) in [6, 6.07) is 6.71. The number of rotatable bonds is 2. The molecule has 1 aliphatic heterocycles. The van der Waals surface area contributed by atoms with Gasteiger partial charge in [0.2, 0.25) is 0 Å². The van der Waals surface area contributed by atoms with Gasteiger partial charge in [-0.05, 0) is 36.8 Å². The van der Waals surface area contributed by atoms with Gasteiger partial charge in [-0.3, -0.25) is 0 Å². The summed E-state index contributed by atoms with van der Waals surface area (Å²) < 4.78 is 0. The van der Waals surface area contributed by atoms with Crippen molar-refractivity contribution in [2.75, 3.05) is 16.8 Å². The maximum absolute atomic E-state index is 6.11. The van der Waals surface area contributed by atoms with E-state index in [2.05, 4.69) is 18.3 Å². The van der Waals surface area contributed by atoms with Gasteiger partial charge in [-0.1, -0.05) is 17.7 Å². The van der Waals surface area contributed by atoms with Crippen molar-refractivity contribution >= 4 is 29.1 Å². The lowest BCUT2D eigenvalue weighted by Crippen LogP contribution is -2.18. The van der Waals surface area contributed by atoms with Crippen molar-refractivity contribution in [2.45, 2.75) is 19.4 Å². The molecule has 1 aliphatic rings. The van der Waals surface area contributed by atoms with E-state index in [9.17, 15) is 0 Å². The maximum atomic E-state index is 6.11. The van der Waals surface area contributed by atoms with Gasteiger partial charge in [0, 0.05) is 11.8 Å². The molecule has 1 saturated heterocycles. The van der Waals surface area contributed by atoms with Gasteiger partial charge in [0.1, 0.15) is 0 Å². The second-order valence-corrected chi connectivity index (χ2v) is 5.25. The van der Waals surface area contributed by atoms with Crippen molar-refractivity contribution < 1.29 is 0 Å². The van der Waals surface area contributed by atoms with Gasteiger partial charge in [-0.25, -0.2) is 0 Å². The summed E-state index contributed by atoms with van der Waals surface area (Å²) in [4.78, 5) is 0. The van der Waals surface area contributed by atoms with Gasteiger partial charge >= 0.3 is 0 Å². The van der Waals surface area contributed by atoms with Crippen LogP contribution in [-0.2, 0) is 0 Å². The summed E-state index contributed by atoms with van der Waals surface area (Å²) in [5, 5.41) is 4.32. The van der Waals surface area contributed by atoms with Gasteiger partial charge in [0.15, 0.2) is 0 Å². The summed E-state index contributed by atoms with van der Waals surface area (Å²) in [7, 11) is 0. The minimum atomic E-state index is 0.597. The minimum Gasteiger partial charge on any atom is -0.380 e. The quantitative estimate of drug-likeness (QED) is 0.829. The van der Waals surface area contributed by atoms with Crippen LogP contribution in [0.25, 0.3) is 0 Å². The van der Waals surface area contributed by atoms with Crippen LogP contribution < -0.4 is 5.32 Å². The number of hydrogen-bond donors (Lipinski definition) is 1. The van der Waals surface area contributed by atoms with E-state index in [1.54, 1.807) is 0 Å². The predicted octanol–water partition coefficient (Wildman–Crippen LogP) is 3.57. The van der Waals surface area contributed by atoms with Crippen molar-refractivity contribution in [2.24, 2.45) is 0 Å². The Morgan fingerprint density at radius 2 is 2.36 bits per heavy atom. The number of aryl methyl sites for hydroxylation is 1. The second-order valence-electron chi connectivity index (χ2n) is 3.69. The van der Waals surface area contributed by atoms with E-state index in [0.717, 1.165) is 10.7 Å². The van der Waals surface area contributed by atoms with Crippen LogP contribution in [0.1, 0.15) is 12.0 Å². The van der Waals surface area contributed by atoms with Crippen LogP contribution in [0.15, 0.2) is 18.2 Å². The van der Waals surface area contributed by atoms with Gasteiger partial charge in [-0.2, -0.15) is 11.8 Å². The Morgan fingerprint density at radius 1 is 1.50 bits per heavy atom. The van der Waals surface area contributed by atoms with E-state index in [-0.39, 0.29) is 0 Å². The number of halogens is 1. The van der Waals surface area contributed by atoms with Crippen LogP contribution in [0.2, 0.25) is 5.02 Å². The molecule has 1 atom stereocenters. The van der Waals surface area contributed by atoms with Crippen LogP contribution in [0, 0.1) is 6.92 Å². The molecule has 1 aromatic rings. The van der Waals surface area contributed by atoms with E-state index in [1.165, 1.54) is 23.5 Å². The number of anilines is 1. The normalized spacial score (nSPS) is 21.1. The molecule has 1 unspecified atom stereocenters. The lowest BCUT2D eigenvalue weighted by Gasteiger charge is -2.14. The van der Waals surface area contributed by atoms with E-state index in [0.29, 0.717) is 6.04 Å². The molecule has 2 rings (SSSR count). The zero-order valence-corrected chi connectivity index (χ0v) is 9.79. The van der Waals surface area contributed by atoms with Gasteiger partial charge in [0.05, 0.1) is 10.7 Å². The van der Waals surface area contributed by atoms with Crippen molar-refractivity contribution in [1.29, 1.82) is 0 Å². The van der Waals surface area contributed by atoms with Crippen molar-refractivity contribution in [3.8, 4) is 0 Å². The average Bonchev–Trinajstić information content (AvgIpc) is 2.64. The molecule has 0 spiro atoms. The van der Waals surface area contributed by atoms with Gasteiger partial charge in [0.25, 0.3) is 0 Å². The molecule has 14 heavy (non-hydrogen) atoms. The standard InChI is InChI=1S/C11H14ClNS/c1-8-2-3-10(12)11(6-8)13-9-4-5-14-7-9/h2-3,6,9,13H,4-5,7H2,1H3.